The molecule has 12 heteroatoms. The zero-order valence-corrected chi connectivity index (χ0v) is 21.0. The number of ether oxygens (including phenoxy) is 3. The molecule has 0 saturated carbocycles. The second kappa shape index (κ2) is 10.8. The smallest absolute Gasteiger partial charge is 0.296 e. The fourth-order valence-electron chi connectivity index (χ4n) is 5.09. The van der Waals surface area contributed by atoms with Crippen molar-refractivity contribution in [2.75, 3.05) is 50.9 Å². The Balaban J connectivity index is 1.24. The van der Waals surface area contributed by atoms with Gasteiger partial charge in [0.25, 0.3) is 6.43 Å². The minimum atomic E-state index is -2.80. The molecule has 3 aromatic rings. The van der Waals surface area contributed by atoms with Gasteiger partial charge < -0.3 is 24.0 Å². The number of carbonyl (C=O) groups is 1. The zero-order chi connectivity index (χ0) is 26.1. The van der Waals surface area contributed by atoms with Crippen molar-refractivity contribution in [2.45, 2.75) is 44.3 Å². The number of rotatable bonds is 7. The molecular weight excluding hydrogens is 498 g/mol. The standard InChI is InChI=1S/C26H30F2N6O4/c27-24(28)25-29-19-6-1-2-7-20(19)34(25)21-14-22(31-26(30-21)32-8-11-36-12-9-32)38-18-15-33(16-18)23(35)13-17-5-3-4-10-37-17/h1-2,6-7,14,17-18,24H,3-5,8-13,15-16H2. The van der Waals surface area contributed by atoms with Crippen LogP contribution in [0.5, 0.6) is 5.88 Å². The number of imidazole rings is 1. The molecule has 0 spiro atoms. The topological polar surface area (TPSA) is 94.8 Å². The van der Waals surface area contributed by atoms with Gasteiger partial charge in [0.1, 0.15) is 11.9 Å². The van der Waals surface area contributed by atoms with E-state index in [1.165, 1.54) is 4.57 Å². The number of anilines is 1. The van der Waals surface area contributed by atoms with Gasteiger partial charge in [0, 0.05) is 25.8 Å². The van der Waals surface area contributed by atoms with Crippen LogP contribution < -0.4 is 9.64 Å². The molecule has 1 amide bonds. The summed E-state index contributed by atoms with van der Waals surface area (Å²) in [4.78, 5) is 29.7. The molecule has 0 aliphatic carbocycles. The van der Waals surface area contributed by atoms with E-state index in [4.69, 9.17) is 14.2 Å². The van der Waals surface area contributed by atoms with Crippen LogP contribution in [-0.2, 0) is 14.3 Å². The van der Waals surface area contributed by atoms with E-state index in [1.54, 1.807) is 35.2 Å². The summed E-state index contributed by atoms with van der Waals surface area (Å²) >= 11 is 0. The highest BCUT2D eigenvalue weighted by atomic mass is 19.3. The maximum absolute atomic E-state index is 14.0. The molecule has 1 aromatic carbocycles. The van der Waals surface area contributed by atoms with Crippen molar-refractivity contribution in [2.24, 2.45) is 0 Å². The number of halogens is 2. The number of fused-ring (bicyclic) bond motifs is 1. The van der Waals surface area contributed by atoms with Crippen LogP contribution in [0.4, 0.5) is 14.7 Å². The number of carbonyl (C=O) groups excluding carboxylic acids is 1. The molecule has 3 aliphatic heterocycles. The van der Waals surface area contributed by atoms with Gasteiger partial charge in [-0.2, -0.15) is 9.97 Å². The van der Waals surface area contributed by atoms with Crippen molar-refractivity contribution < 1.29 is 27.8 Å². The normalized spacial score (nSPS) is 20.7. The molecule has 3 fully saturated rings. The molecule has 1 unspecified atom stereocenters. The van der Waals surface area contributed by atoms with E-state index in [0.29, 0.717) is 69.4 Å². The number of nitrogens with zero attached hydrogens (tertiary/aromatic N) is 6. The van der Waals surface area contributed by atoms with E-state index in [9.17, 15) is 13.6 Å². The van der Waals surface area contributed by atoms with Crippen LogP contribution in [0.3, 0.4) is 0 Å². The molecule has 6 rings (SSSR count). The number of likely N-dealkylation sites (tertiary alicyclic amines) is 1. The van der Waals surface area contributed by atoms with Crippen LogP contribution in [0.25, 0.3) is 16.9 Å². The maximum atomic E-state index is 14.0. The molecule has 3 saturated heterocycles. The molecule has 2 aromatic heterocycles. The molecule has 3 aliphatic rings. The highest BCUT2D eigenvalue weighted by Crippen LogP contribution is 2.30. The Kier molecular flexibility index (Phi) is 7.07. The summed E-state index contributed by atoms with van der Waals surface area (Å²) in [5.41, 5.74) is 0.970. The summed E-state index contributed by atoms with van der Waals surface area (Å²) in [6.07, 6.45) is 0.377. The van der Waals surface area contributed by atoms with Gasteiger partial charge in [-0.1, -0.05) is 12.1 Å². The molecular formula is C26H30F2N6O4. The maximum Gasteiger partial charge on any atom is 0.296 e. The van der Waals surface area contributed by atoms with Gasteiger partial charge in [-0.3, -0.25) is 9.36 Å². The Morgan fingerprint density at radius 3 is 2.66 bits per heavy atom. The molecule has 202 valence electrons. The molecule has 38 heavy (non-hydrogen) atoms. The molecule has 10 nitrogen and oxygen atoms in total. The van der Waals surface area contributed by atoms with Crippen molar-refractivity contribution in [3.05, 3.63) is 36.2 Å². The summed E-state index contributed by atoms with van der Waals surface area (Å²) in [7, 11) is 0. The lowest BCUT2D eigenvalue weighted by Crippen LogP contribution is -2.56. The van der Waals surface area contributed by atoms with Gasteiger partial charge >= 0.3 is 0 Å². The third-order valence-electron chi connectivity index (χ3n) is 7.15. The number of benzene rings is 1. The van der Waals surface area contributed by atoms with Crippen molar-refractivity contribution in [3.63, 3.8) is 0 Å². The van der Waals surface area contributed by atoms with E-state index in [1.807, 2.05) is 4.90 Å². The van der Waals surface area contributed by atoms with Crippen molar-refractivity contribution in [3.8, 4) is 11.7 Å². The molecule has 0 bridgehead atoms. The average molecular weight is 529 g/mol. The first-order valence-corrected chi connectivity index (χ1v) is 13.1. The Labute approximate surface area is 218 Å². The number of amides is 1. The lowest BCUT2D eigenvalue weighted by molar-refractivity contribution is -0.144. The zero-order valence-electron chi connectivity index (χ0n) is 21.0. The summed E-state index contributed by atoms with van der Waals surface area (Å²) < 4.78 is 46.7. The summed E-state index contributed by atoms with van der Waals surface area (Å²) in [5.74, 6) is 0.555. The summed E-state index contributed by atoms with van der Waals surface area (Å²) in [6, 6.07) is 8.51. The number of alkyl halides is 2. The fraction of sp³-hybridized carbons (Fsp3) is 0.538. The monoisotopic (exact) mass is 528 g/mol. The molecule has 0 radical (unpaired) electrons. The lowest BCUT2D eigenvalue weighted by Gasteiger charge is -2.39. The first kappa shape index (κ1) is 24.9. The first-order valence-electron chi connectivity index (χ1n) is 13.1. The highest BCUT2D eigenvalue weighted by molar-refractivity contribution is 5.78. The van der Waals surface area contributed by atoms with E-state index in [2.05, 4.69) is 15.0 Å². The van der Waals surface area contributed by atoms with E-state index < -0.39 is 12.2 Å². The van der Waals surface area contributed by atoms with Crippen molar-refractivity contribution in [1.82, 2.24) is 24.4 Å². The van der Waals surface area contributed by atoms with Crippen molar-refractivity contribution in [1.29, 1.82) is 0 Å². The number of aromatic nitrogens is 4. The number of hydrogen-bond donors (Lipinski definition) is 0. The van der Waals surface area contributed by atoms with Crippen LogP contribution in [0.2, 0.25) is 0 Å². The van der Waals surface area contributed by atoms with Crippen LogP contribution >= 0.6 is 0 Å². The fourth-order valence-corrected chi connectivity index (χ4v) is 5.09. The number of morpholine rings is 1. The van der Waals surface area contributed by atoms with Gasteiger partial charge in [0.2, 0.25) is 17.7 Å². The Bertz CT molecular complexity index is 1290. The lowest BCUT2D eigenvalue weighted by atomic mass is 10.0. The Morgan fingerprint density at radius 1 is 1.08 bits per heavy atom. The van der Waals surface area contributed by atoms with Gasteiger partial charge in [-0.05, 0) is 31.4 Å². The van der Waals surface area contributed by atoms with Gasteiger partial charge in [-0.15, -0.1) is 0 Å². The van der Waals surface area contributed by atoms with Gasteiger partial charge in [0.15, 0.2) is 5.82 Å². The van der Waals surface area contributed by atoms with Crippen molar-refractivity contribution >= 4 is 22.9 Å². The predicted molar refractivity (Wildman–Crippen MR) is 134 cm³/mol. The molecule has 0 N–H and O–H groups in total. The third kappa shape index (κ3) is 5.14. The second-order valence-corrected chi connectivity index (χ2v) is 9.79. The summed E-state index contributed by atoms with van der Waals surface area (Å²) in [6.45, 7) is 3.77. The summed E-state index contributed by atoms with van der Waals surface area (Å²) in [5, 5.41) is 0. The second-order valence-electron chi connectivity index (χ2n) is 9.79. The third-order valence-corrected chi connectivity index (χ3v) is 7.15. The molecule has 5 heterocycles. The first-order chi connectivity index (χ1) is 18.5. The van der Waals surface area contributed by atoms with E-state index in [-0.39, 0.29) is 29.8 Å². The SMILES string of the molecule is O=C(CC1CCCCO1)N1CC(Oc2cc(-n3c(C(F)F)nc4ccccc43)nc(N3CCOCC3)n2)C1. The largest absolute Gasteiger partial charge is 0.470 e. The minimum Gasteiger partial charge on any atom is -0.470 e. The van der Waals surface area contributed by atoms with E-state index in [0.717, 1.165) is 19.3 Å². The van der Waals surface area contributed by atoms with Crippen LogP contribution in [0.1, 0.15) is 37.9 Å². The average Bonchev–Trinajstić information content (AvgIpc) is 3.31. The van der Waals surface area contributed by atoms with Gasteiger partial charge in [-0.25, -0.2) is 13.8 Å². The Hall–Kier alpha value is -3.38. The van der Waals surface area contributed by atoms with E-state index >= 15 is 0 Å². The minimum absolute atomic E-state index is 0.00856. The molecule has 1 atom stereocenters. The van der Waals surface area contributed by atoms with Crippen LogP contribution in [0, 0.1) is 0 Å². The number of hydrogen-bond acceptors (Lipinski definition) is 8. The van der Waals surface area contributed by atoms with Crippen LogP contribution in [0.15, 0.2) is 30.3 Å². The van der Waals surface area contributed by atoms with Gasteiger partial charge in [0.05, 0.1) is 49.9 Å². The van der Waals surface area contributed by atoms with Crippen LogP contribution in [-0.4, -0.2) is 88.5 Å². The quantitative estimate of drug-likeness (QED) is 0.462. The highest BCUT2D eigenvalue weighted by Gasteiger charge is 2.34. The predicted octanol–water partition coefficient (Wildman–Crippen LogP) is 3.14. The number of para-hydroxylation sites is 2. The Morgan fingerprint density at radius 2 is 1.89 bits per heavy atom.